The van der Waals surface area contributed by atoms with E-state index in [2.05, 4.69) is 20.1 Å². The van der Waals surface area contributed by atoms with E-state index in [1.807, 2.05) is 12.1 Å². The van der Waals surface area contributed by atoms with E-state index in [9.17, 15) is 4.21 Å². The largest absolute Gasteiger partial charge is 0.360 e. The highest BCUT2D eigenvalue weighted by molar-refractivity contribution is 7.85. The number of hydrogen-bond acceptors (Lipinski definition) is 6. The lowest BCUT2D eigenvalue weighted by molar-refractivity contribution is 0.382. The Morgan fingerprint density at radius 2 is 2.00 bits per heavy atom. The summed E-state index contributed by atoms with van der Waals surface area (Å²) in [7, 11) is -1.44. The van der Waals surface area contributed by atoms with Crippen molar-refractivity contribution < 1.29 is 8.73 Å². The van der Waals surface area contributed by atoms with Gasteiger partial charge >= 0.3 is 0 Å². The van der Waals surface area contributed by atoms with E-state index in [-0.39, 0.29) is 0 Å². The van der Waals surface area contributed by atoms with Crippen LogP contribution in [0.1, 0.15) is 5.76 Å². The zero-order chi connectivity index (χ0) is 13.9. The van der Waals surface area contributed by atoms with Crippen molar-refractivity contribution in [2.75, 3.05) is 0 Å². The first kappa shape index (κ1) is 12.6. The molecular formula is C13H10N4O2S. The summed E-state index contributed by atoms with van der Waals surface area (Å²) in [5, 5.41) is 4.09. The lowest BCUT2D eigenvalue weighted by Gasteiger charge is -2.00. The molecule has 0 radical (unpaired) electrons. The van der Waals surface area contributed by atoms with Gasteiger partial charge in [0.15, 0.2) is 10.9 Å². The Bertz CT molecular complexity index is 741. The Balaban J connectivity index is 1.88. The zero-order valence-electron chi connectivity index (χ0n) is 10.6. The average molecular weight is 286 g/mol. The minimum absolute atomic E-state index is 0.361. The van der Waals surface area contributed by atoms with Gasteiger partial charge in [0.05, 0.1) is 4.90 Å². The topological polar surface area (TPSA) is 81.8 Å². The van der Waals surface area contributed by atoms with Crippen LogP contribution in [-0.4, -0.2) is 24.3 Å². The molecule has 3 heterocycles. The molecule has 1 atom stereocenters. The van der Waals surface area contributed by atoms with E-state index in [0.29, 0.717) is 21.5 Å². The maximum Gasteiger partial charge on any atom is 0.175 e. The molecule has 0 aliphatic carbocycles. The fourth-order valence-corrected chi connectivity index (χ4v) is 2.52. The minimum atomic E-state index is -1.44. The second-order valence-electron chi connectivity index (χ2n) is 4.03. The van der Waals surface area contributed by atoms with Crippen molar-refractivity contribution in [2.24, 2.45) is 0 Å². The zero-order valence-corrected chi connectivity index (χ0v) is 11.4. The molecule has 0 bridgehead atoms. The molecule has 0 saturated carbocycles. The van der Waals surface area contributed by atoms with Crippen LogP contribution >= 0.6 is 0 Å². The predicted octanol–water partition coefficient (Wildman–Crippen LogP) is 2.00. The van der Waals surface area contributed by atoms with Crippen molar-refractivity contribution in [3.63, 3.8) is 0 Å². The molecule has 3 aromatic heterocycles. The molecule has 0 saturated heterocycles. The minimum Gasteiger partial charge on any atom is -0.360 e. The average Bonchev–Trinajstić information content (AvgIpc) is 2.94. The van der Waals surface area contributed by atoms with E-state index in [1.165, 1.54) is 12.4 Å². The highest BCUT2D eigenvalue weighted by Crippen LogP contribution is 2.17. The third-order valence-corrected chi connectivity index (χ3v) is 3.77. The predicted molar refractivity (Wildman–Crippen MR) is 71.2 cm³/mol. The Hall–Kier alpha value is -2.41. The van der Waals surface area contributed by atoms with Crippen LogP contribution in [0.15, 0.2) is 57.4 Å². The molecule has 20 heavy (non-hydrogen) atoms. The number of aromatic nitrogens is 4. The number of aryl methyl sites for hydroxylation is 1. The maximum atomic E-state index is 12.2. The van der Waals surface area contributed by atoms with Gasteiger partial charge in [-0.1, -0.05) is 5.16 Å². The number of rotatable bonds is 3. The van der Waals surface area contributed by atoms with E-state index >= 15 is 0 Å². The summed E-state index contributed by atoms with van der Waals surface area (Å²) in [5.41, 5.74) is 0.808. The number of pyridine rings is 1. The summed E-state index contributed by atoms with van der Waals surface area (Å²) >= 11 is 0. The summed E-state index contributed by atoms with van der Waals surface area (Å²) in [6.07, 6.45) is 6.40. The Morgan fingerprint density at radius 3 is 2.60 bits per heavy atom. The van der Waals surface area contributed by atoms with Gasteiger partial charge in [-0.05, 0) is 19.1 Å². The lowest BCUT2D eigenvalue weighted by atomic mass is 10.3. The standard InChI is InChI=1S/C13H10N4O2S/c1-9-5-12(17-19-9)20(18)11-7-15-13(16-8-11)10-3-2-4-14-6-10/h2-8H,1H3. The van der Waals surface area contributed by atoms with Crippen molar-refractivity contribution in [3.05, 3.63) is 48.7 Å². The van der Waals surface area contributed by atoms with E-state index in [4.69, 9.17) is 4.52 Å². The molecule has 0 aliphatic rings. The van der Waals surface area contributed by atoms with Gasteiger partial charge in [-0.25, -0.2) is 14.2 Å². The van der Waals surface area contributed by atoms with Gasteiger partial charge in [-0.15, -0.1) is 0 Å². The molecule has 0 fully saturated rings. The van der Waals surface area contributed by atoms with Gasteiger partial charge in [0.25, 0.3) is 0 Å². The van der Waals surface area contributed by atoms with Crippen LogP contribution in [-0.2, 0) is 10.8 Å². The van der Waals surface area contributed by atoms with Gasteiger partial charge in [0.1, 0.15) is 16.6 Å². The Kier molecular flexibility index (Phi) is 3.34. The first-order valence-electron chi connectivity index (χ1n) is 5.81. The second kappa shape index (κ2) is 5.30. The summed E-state index contributed by atoms with van der Waals surface area (Å²) in [5.74, 6) is 1.15. The molecule has 3 aromatic rings. The summed E-state index contributed by atoms with van der Waals surface area (Å²) in [6, 6.07) is 5.30. The van der Waals surface area contributed by atoms with Crippen LogP contribution in [0.25, 0.3) is 11.4 Å². The third kappa shape index (κ3) is 2.48. The van der Waals surface area contributed by atoms with Crippen LogP contribution in [0.3, 0.4) is 0 Å². The van der Waals surface area contributed by atoms with Crippen LogP contribution in [0.5, 0.6) is 0 Å². The van der Waals surface area contributed by atoms with Gasteiger partial charge in [0, 0.05) is 36.4 Å². The van der Waals surface area contributed by atoms with Crippen LogP contribution < -0.4 is 0 Å². The van der Waals surface area contributed by atoms with Gasteiger partial charge in [-0.2, -0.15) is 0 Å². The Morgan fingerprint density at radius 1 is 1.20 bits per heavy atom. The molecule has 7 heteroatoms. The molecule has 3 rings (SSSR count). The fraction of sp³-hybridized carbons (Fsp3) is 0.0769. The summed E-state index contributed by atoms with van der Waals surface area (Å²) in [4.78, 5) is 12.9. The maximum absolute atomic E-state index is 12.2. The van der Waals surface area contributed by atoms with E-state index < -0.39 is 10.8 Å². The molecule has 0 amide bonds. The van der Waals surface area contributed by atoms with Crippen molar-refractivity contribution in [2.45, 2.75) is 16.8 Å². The smallest absolute Gasteiger partial charge is 0.175 e. The van der Waals surface area contributed by atoms with Gasteiger partial charge in [-0.3, -0.25) is 4.98 Å². The molecule has 0 aliphatic heterocycles. The lowest BCUT2D eigenvalue weighted by Crippen LogP contribution is -1.97. The highest BCUT2D eigenvalue weighted by Gasteiger charge is 2.13. The molecule has 100 valence electrons. The van der Waals surface area contributed by atoms with Crippen LogP contribution in [0, 0.1) is 6.92 Å². The second-order valence-corrected chi connectivity index (χ2v) is 5.46. The van der Waals surface area contributed by atoms with Crippen LogP contribution in [0.4, 0.5) is 0 Å². The quantitative estimate of drug-likeness (QED) is 0.732. The van der Waals surface area contributed by atoms with Crippen molar-refractivity contribution >= 4 is 10.8 Å². The van der Waals surface area contributed by atoms with Crippen molar-refractivity contribution in [3.8, 4) is 11.4 Å². The summed E-state index contributed by atoms with van der Waals surface area (Å²) < 4.78 is 17.1. The first-order valence-corrected chi connectivity index (χ1v) is 6.96. The monoisotopic (exact) mass is 286 g/mol. The number of hydrogen-bond donors (Lipinski definition) is 0. The van der Waals surface area contributed by atoms with E-state index in [0.717, 1.165) is 5.56 Å². The first-order chi connectivity index (χ1) is 9.74. The molecular weight excluding hydrogens is 276 g/mol. The number of nitrogens with zero attached hydrogens (tertiary/aromatic N) is 4. The SMILES string of the molecule is Cc1cc(S(=O)c2cnc(-c3cccnc3)nc2)no1. The third-order valence-electron chi connectivity index (χ3n) is 2.56. The van der Waals surface area contributed by atoms with Crippen LogP contribution in [0.2, 0.25) is 0 Å². The van der Waals surface area contributed by atoms with Gasteiger partial charge < -0.3 is 4.52 Å². The van der Waals surface area contributed by atoms with Crippen molar-refractivity contribution in [1.29, 1.82) is 0 Å². The molecule has 0 aromatic carbocycles. The Labute approximate surface area is 117 Å². The molecule has 0 spiro atoms. The summed E-state index contributed by atoms with van der Waals surface area (Å²) in [6.45, 7) is 1.75. The molecule has 6 nitrogen and oxygen atoms in total. The molecule has 0 N–H and O–H groups in total. The highest BCUT2D eigenvalue weighted by atomic mass is 32.2. The molecule has 1 unspecified atom stereocenters. The van der Waals surface area contributed by atoms with Gasteiger partial charge in [0.2, 0.25) is 0 Å². The fourth-order valence-electron chi connectivity index (χ4n) is 1.61. The van der Waals surface area contributed by atoms with Crippen molar-refractivity contribution in [1.82, 2.24) is 20.1 Å². The van der Waals surface area contributed by atoms with E-state index in [1.54, 1.807) is 25.4 Å². The normalized spacial score (nSPS) is 12.2.